The average molecular weight is 366 g/mol. The molecule has 0 saturated heterocycles. The van der Waals surface area contributed by atoms with Gasteiger partial charge in [0.05, 0.1) is 13.2 Å². The Morgan fingerprint density at radius 2 is 1.88 bits per heavy atom. The van der Waals surface area contributed by atoms with Crippen molar-refractivity contribution in [3.63, 3.8) is 0 Å². The number of nitrogens with one attached hydrogen (secondary N) is 2. The lowest BCUT2D eigenvalue weighted by atomic mass is 10.1. The van der Waals surface area contributed by atoms with Crippen LogP contribution in [0.25, 0.3) is 0 Å². The van der Waals surface area contributed by atoms with Gasteiger partial charge in [-0.25, -0.2) is 4.79 Å². The molecule has 0 spiro atoms. The van der Waals surface area contributed by atoms with Crippen LogP contribution in [0.5, 0.6) is 17.2 Å². The van der Waals surface area contributed by atoms with Crippen LogP contribution in [0.15, 0.2) is 42.5 Å². The zero-order valence-corrected chi connectivity index (χ0v) is 14.3. The summed E-state index contributed by atoms with van der Waals surface area (Å²) in [4.78, 5) is 12.0. The van der Waals surface area contributed by atoms with Gasteiger partial charge >= 0.3 is 12.6 Å². The van der Waals surface area contributed by atoms with Crippen LogP contribution in [0.4, 0.5) is 13.6 Å². The summed E-state index contributed by atoms with van der Waals surface area (Å²) in [5.41, 5.74) is 1.45. The van der Waals surface area contributed by atoms with Gasteiger partial charge in [0, 0.05) is 6.54 Å². The van der Waals surface area contributed by atoms with E-state index in [4.69, 9.17) is 4.74 Å². The summed E-state index contributed by atoms with van der Waals surface area (Å²) in [5, 5.41) is 15.1. The monoisotopic (exact) mass is 366 g/mol. The fraction of sp³-hybridized carbons (Fsp3) is 0.278. The van der Waals surface area contributed by atoms with E-state index in [1.54, 1.807) is 31.2 Å². The maximum absolute atomic E-state index is 12.1. The van der Waals surface area contributed by atoms with E-state index in [2.05, 4.69) is 15.4 Å². The van der Waals surface area contributed by atoms with Crippen molar-refractivity contribution < 1.29 is 28.2 Å². The largest absolute Gasteiger partial charge is 0.504 e. The van der Waals surface area contributed by atoms with Crippen molar-refractivity contribution >= 4 is 6.03 Å². The number of methoxy groups -OCH3 is 1. The summed E-state index contributed by atoms with van der Waals surface area (Å²) in [6.07, 6.45) is 0. The van der Waals surface area contributed by atoms with Gasteiger partial charge in [-0.3, -0.25) is 0 Å². The normalized spacial score (nSPS) is 11.7. The van der Waals surface area contributed by atoms with Gasteiger partial charge < -0.3 is 25.2 Å². The third-order valence-electron chi connectivity index (χ3n) is 3.65. The minimum absolute atomic E-state index is 0.00770. The molecular weight excluding hydrogens is 346 g/mol. The number of phenols is 1. The maximum Gasteiger partial charge on any atom is 0.387 e. The SMILES string of the molecule is COc1ccc(CNC(=O)NC(C)c2ccc(OC(F)F)cc2)cc1O. The first-order chi connectivity index (χ1) is 12.4. The van der Waals surface area contributed by atoms with Gasteiger partial charge in [-0.1, -0.05) is 18.2 Å². The molecule has 6 nitrogen and oxygen atoms in total. The Bertz CT molecular complexity index is 738. The van der Waals surface area contributed by atoms with Crippen LogP contribution < -0.4 is 20.1 Å². The highest BCUT2D eigenvalue weighted by Gasteiger charge is 2.11. The average Bonchev–Trinajstić information content (AvgIpc) is 2.60. The van der Waals surface area contributed by atoms with E-state index in [9.17, 15) is 18.7 Å². The molecular formula is C18H20F2N2O4. The number of halogens is 2. The summed E-state index contributed by atoms with van der Waals surface area (Å²) in [6, 6.07) is 10.1. The topological polar surface area (TPSA) is 79.8 Å². The second kappa shape index (κ2) is 8.89. The Hall–Kier alpha value is -3.03. The number of aromatic hydroxyl groups is 1. The van der Waals surface area contributed by atoms with Crippen LogP contribution in [0.3, 0.4) is 0 Å². The van der Waals surface area contributed by atoms with Crippen molar-refractivity contribution in [2.75, 3.05) is 7.11 Å². The Kier molecular flexibility index (Phi) is 6.60. The minimum atomic E-state index is -2.88. The number of benzene rings is 2. The Balaban J connectivity index is 1.85. The summed E-state index contributed by atoms with van der Waals surface area (Å²) in [5.74, 6) is 0.400. The Morgan fingerprint density at radius 3 is 2.46 bits per heavy atom. The molecule has 0 aliphatic carbocycles. The predicted octanol–water partition coefficient (Wildman–Crippen LogP) is 3.56. The van der Waals surface area contributed by atoms with Crippen molar-refractivity contribution in [3.05, 3.63) is 53.6 Å². The molecule has 8 heteroatoms. The number of urea groups is 1. The molecule has 2 amide bonds. The molecule has 3 N–H and O–H groups in total. The van der Waals surface area contributed by atoms with Crippen molar-refractivity contribution in [3.8, 4) is 17.2 Å². The van der Waals surface area contributed by atoms with E-state index in [1.165, 1.54) is 25.3 Å². The summed E-state index contributed by atoms with van der Waals surface area (Å²) < 4.78 is 33.5. The first kappa shape index (κ1) is 19.3. The van der Waals surface area contributed by atoms with Crippen LogP contribution >= 0.6 is 0 Å². The van der Waals surface area contributed by atoms with Gasteiger partial charge in [0.2, 0.25) is 0 Å². The number of phenolic OH excluding ortho intramolecular Hbond substituents is 1. The number of alkyl halides is 2. The molecule has 0 aliphatic rings. The highest BCUT2D eigenvalue weighted by atomic mass is 19.3. The molecule has 0 aliphatic heterocycles. The highest BCUT2D eigenvalue weighted by Crippen LogP contribution is 2.26. The van der Waals surface area contributed by atoms with Gasteiger partial charge in [0.15, 0.2) is 11.5 Å². The fourth-order valence-corrected chi connectivity index (χ4v) is 2.30. The van der Waals surface area contributed by atoms with Crippen LogP contribution in [0.1, 0.15) is 24.1 Å². The fourth-order valence-electron chi connectivity index (χ4n) is 2.30. The number of carbonyl (C=O) groups excluding carboxylic acids is 1. The first-order valence-corrected chi connectivity index (χ1v) is 7.84. The molecule has 0 bridgehead atoms. The van der Waals surface area contributed by atoms with E-state index in [0.29, 0.717) is 11.3 Å². The predicted molar refractivity (Wildman–Crippen MR) is 91.5 cm³/mol. The van der Waals surface area contributed by atoms with Gasteiger partial charge in [0.1, 0.15) is 5.75 Å². The molecule has 1 unspecified atom stereocenters. The van der Waals surface area contributed by atoms with Crippen molar-refractivity contribution in [1.29, 1.82) is 0 Å². The van der Waals surface area contributed by atoms with Crippen molar-refractivity contribution in [2.24, 2.45) is 0 Å². The Morgan fingerprint density at radius 1 is 1.19 bits per heavy atom. The smallest absolute Gasteiger partial charge is 0.387 e. The third-order valence-corrected chi connectivity index (χ3v) is 3.65. The van der Waals surface area contributed by atoms with Gasteiger partial charge in [0.25, 0.3) is 0 Å². The Labute approximate surface area is 149 Å². The van der Waals surface area contributed by atoms with E-state index in [0.717, 1.165) is 5.56 Å². The molecule has 0 radical (unpaired) electrons. The van der Waals surface area contributed by atoms with Gasteiger partial charge in [-0.2, -0.15) is 8.78 Å². The number of hydrogen-bond acceptors (Lipinski definition) is 4. The summed E-state index contributed by atoms with van der Waals surface area (Å²) >= 11 is 0. The molecule has 1 atom stereocenters. The lowest BCUT2D eigenvalue weighted by Gasteiger charge is -2.16. The minimum Gasteiger partial charge on any atom is -0.504 e. The number of hydrogen-bond donors (Lipinski definition) is 3. The van der Waals surface area contributed by atoms with Gasteiger partial charge in [-0.05, 0) is 42.3 Å². The highest BCUT2D eigenvalue weighted by molar-refractivity contribution is 5.74. The molecule has 0 aromatic heterocycles. The van der Waals surface area contributed by atoms with E-state index in [1.807, 2.05) is 0 Å². The first-order valence-electron chi connectivity index (χ1n) is 7.84. The van der Waals surface area contributed by atoms with Crippen LogP contribution in [0, 0.1) is 0 Å². The molecule has 2 aromatic rings. The zero-order chi connectivity index (χ0) is 19.1. The third kappa shape index (κ3) is 5.51. The molecule has 0 heterocycles. The second-order valence-corrected chi connectivity index (χ2v) is 5.50. The summed E-state index contributed by atoms with van der Waals surface area (Å²) in [6.45, 7) is -0.890. The van der Waals surface area contributed by atoms with E-state index >= 15 is 0 Å². The molecule has 2 rings (SSSR count). The maximum atomic E-state index is 12.1. The van der Waals surface area contributed by atoms with Crippen molar-refractivity contribution in [2.45, 2.75) is 26.1 Å². The number of amides is 2. The molecule has 0 fully saturated rings. The molecule has 26 heavy (non-hydrogen) atoms. The molecule has 2 aromatic carbocycles. The number of rotatable bonds is 7. The number of ether oxygens (including phenoxy) is 2. The van der Waals surface area contributed by atoms with Crippen LogP contribution in [-0.4, -0.2) is 24.9 Å². The number of carbonyl (C=O) groups is 1. The lowest BCUT2D eigenvalue weighted by Crippen LogP contribution is -2.36. The standard InChI is InChI=1S/C18H20F2N2O4/c1-11(13-4-6-14(7-5-13)26-17(19)20)22-18(24)21-10-12-3-8-16(25-2)15(23)9-12/h3-9,11,17,23H,10H2,1-2H3,(H2,21,22,24). The molecule has 140 valence electrons. The quantitative estimate of drug-likeness (QED) is 0.700. The molecule has 0 saturated carbocycles. The van der Waals surface area contributed by atoms with Crippen LogP contribution in [0.2, 0.25) is 0 Å². The van der Waals surface area contributed by atoms with Crippen LogP contribution in [-0.2, 0) is 6.54 Å². The zero-order valence-electron chi connectivity index (χ0n) is 14.3. The van der Waals surface area contributed by atoms with E-state index < -0.39 is 12.6 Å². The van der Waals surface area contributed by atoms with Gasteiger partial charge in [-0.15, -0.1) is 0 Å². The summed E-state index contributed by atoms with van der Waals surface area (Å²) in [7, 11) is 1.45. The van der Waals surface area contributed by atoms with Crippen molar-refractivity contribution in [1.82, 2.24) is 10.6 Å². The second-order valence-electron chi connectivity index (χ2n) is 5.50. The lowest BCUT2D eigenvalue weighted by molar-refractivity contribution is -0.0498. The van der Waals surface area contributed by atoms with E-state index in [-0.39, 0.29) is 24.1 Å².